The van der Waals surface area contributed by atoms with Crippen molar-refractivity contribution in [1.29, 1.82) is 0 Å². The van der Waals surface area contributed by atoms with Gasteiger partial charge >= 0.3 is 0 Å². The molecule has 1 N–H and O–H groups in total. The molecule has 2 rings (SSSR count). The molecule has 0 amide bonds. The third-order valence-electron chi connectivity index (χ3n) is 2.51. The minimum Gasteiger partial charge on any atom is -0.340 e. The van der Waals surface area contributed by atoms with Gasteiger partial charge in [-0.1, -0.05) is 25.9 Å². The molecule has 0 aliphatic carbocycles. The zero-order valence-corrected chi connectivity index (χ0v) is 11.3. The molecule has 0 aliphatic heterocycles. The number of H-pyrrole nitrogens is 1. The molecule has 0 saturated heterocycles. The lowest BCUT2D eigenvalue weighted by atomic mass is 9.92. The number of hydrogen-bond acceptors (Lipinski definition) is 4. The highest BCUT2D eigenvalue weighted by Gasteiger charge is 2.20. The SMILES string of the molecule is Cc1nc(Cn2c(C(C)(C)C)c[nH]c2=S)no1. The van der Waals surface area contributed by atoms with Crippen molar-refractivity contribution in [2.45, 2.75) is 39.7 Å². The molecule has 2 aromatic rings. The number of aryl methyl sites for hydroxylation is 1. The smallest absolute Gasteiger partial charge is 0.223 e. The summed E-state index contributed by atoms with van der Waals surface area (Å²) in [5.74, 6) is 1.21. The van der Waals surface area contributed by atoms with Crippen molar-refractivity contribution >= 4 is 12.2 Å². The van der Waals surface area contributed by atoms with E-state index in [9.17, 15) is 0 Å². The molecule has 17 heavy (non-hydrogen) atoms. The molecular formula is C11H16N4OS. The molecule has 0 bridgehead atoms. The number of nitrogens with zero attached hydrogens (tertiary/aromatic N) is 3. The Balaban J connectivity index is 2.39. The molecule has 2 aromatic heterocycles. The summed E-state index contributed by atoms with van der Waals surface area (Å²) in [7, 11) is 0. The molecule has 0 aliphatic rings. The van der Waals surface area contributed by atoms with Crippen molar-refractivity contribution in [2.24, 2.45) is 0 Å². The van der Waals surface area contributed by atoms with Crippen LogP contribution in [0.2, 0.25) is 0 Å². The lowest BCUT2D eigenvalue weighted by Gasteiger charge is -2.19. The molecule has 5 nitrogen and oxygen atoms in total. The standard InChI is InChI=1S/C11H16N4OS/c1-7-13-9(14-16-7)6-15-8(11(2,3)4)5-12-10(15)17/h5H,6H2,1-4H3,(H,12,17). The first kappa shape index (κ1) is 12.0. The van der Waals surface area contributed by atoms with Crippen LogP contribution in [-0.2, 0) is 12.0 Å². The highest BCUT2D eigenvalue weighted by molar-refractivity contribution is 7.71. The predicted molar refractivity (Wildman–Crippen MR) is 66.5 cm³/mol. The van der Waals surface area contributed by atoms with E-state index in [1.165, 1.54) is 0 Å². The van der Waals surface area contributed by atoms with E-state index in [0.29, 0.717) is 23.0 Å². The van der Waals surface area contributed by atoms with E-state index in [0.717, 1.165) is 5.69 Å². The highest BCUT2D eigenvalue weighted by atomic mass is 32.1. The fourth-order valence-corrected chi connectivity index (χ4v) is 1.94. The maximum absolute atomic E-state index is 5.27. The van der Waals surface area contributed by atoms with Crippen LogP contribution in [0.15, 0.2) is 10.7 Å². The summed E-state index contributed by atoms with van der Waals surface area (Å²) in [4.78, 5) is 7.25. The first-order chi connectivity index (χ1) is 7.88. The van der Waals surface area contributed by atoms with Gasteiger partial charge < -0.3 is 14.1 Å². The molecule has 0 unspecified atom stereocenters. The molecule has 0 spiro atoms. The van der Waals surface area contributed by atoms with Crippen molar-refractivity contribution in [3.8, 4) is 0 Å². The van der Waals surface area contributed by atoms with Gasteiger partial charge in [-0.25, -0.2) is 0 Å². The molecule has 0 atom stereocenters. The molecule has 0 radical (unpaired) electrons. The zero-order valence-electron chi connectivity index (χ0n) is 10.4. The molecule has 2 heterocycles. The van der Waals surface area contributed by atoms with Crippen LogP contribution < -0.4 is 0 Å². The van der Waals surface area contributed by atoms with E-state index in [1.54, 1.807) is 6.92 Å². The number of nitrogens with one attached hydrogen (secondary N) is 1. The van der Waals surface area contributed by atoms with Crippen LogP contribution in [0.1, 0.15) is 38.2 Å². The van der Waals surface area contributed by atoms with Crippen molar-refractivity contribution in [3.63, 3.8) is 0 Å². The van der Waals surface area contributed by atoms with Gasteiger partial charge in [-0.05, 0) is 12.2 Å². The van der Waals surface area contributed by atoms with Crippen LogP contribution >= 0.6 is 12.2 Å². The minimum absolute atomic E-state index is 0.0202. The largest absolute Gasteiger partial charge is 0.340 e. The van der Waals surface area contributed by atoms with E-state index < -0.39 is 0 Å². The van der Waals surface area contributed by atoms with Gasteiger partial charge in [0.2, 0.25) is 5.89 Å². The number of imidazole rings is 1. The minimum atomic E-state index is 0.0202. The number of rotatable bonds is 2. The molecule has 0 saturated carbocycles. The maximum Gasteiger partial charge on any atom is 0.223 e. The van der Waals surface area contributed by atoms with E-state index in [-0.39, 0.29) is 5.41 Å². The summed E-state index contributed by atoms with van der Waals surface area (Å²) in [6.45, 7) is 8.73. The zero-order chi connectivity index (χ0) is 12.6. The number of aromatic nitrogens is 4. The summed E-state index contributed by atoms with van der Waals surface area (Å²) < 4.78 is 7.64. The Morgan fingerprint density at radius 3 is 2.71 bits per heavy atom. The van der Waals surface area contributed by atoms with Crippen LogP contribution in [0.4, 0.5) is 0 Å². The van der Waals surface area contributed by atoms with E-state index in [4.69, 9.17) is 16.7 Å². The topological polar surface area (TPSA) is 59.6 Å². The van der Waals surface area contributed by atoms with Gasteiger partial charge in [0, 0.05) is 24.2 Å². The molecule has 92 valence electrons. The van der Waals surface area contributed by atoms with Gasteiger partial charge in [-0.2, -0.15) is 4.98 Å². The van der Waals surface area contributed by atoms with Gasteiger partial charge in [-0.15, -0.1) is 0 Å². The third-order valence-corrected chi connectivity index (χ3v) is 2.84. The lowest BCUT2D eigenvalue weighted by molar-refractivity contribution is 0.385. The van der Waals surface area contributed by atoms with Crippen LogP contribution in [0.25, 0.3) is 0 Å². The lowest BCUT2D eigenvalue weighted by Crippen LogP contribution is -2.18. The molecule has 0 aromatic carbocycles. The summed E-state index contributed by atoms with van der Waals surface area (Å²) in [6.07, 6.45) is 1.94. The van der Waals surface area contributed by atoms with Gasteiger partial charge in [-0.3, -0.25) is 0 Å². The average molecular weight is 252 g/mol. The monoisotopic (exact) mass is 252 g/mol. The quantitative estimate of drug-likeness (QED) is 0.835. The Morgan fingerprint density at radius 2 is 2.18 bits per heavy atom. The Bertz CT molecular complexity index is 573. The van der Waals surface area contributed by atoms with Crippen molar-refractivity contribution in [1.82, 2.24) is 19.7 Å². The fourth-order valence-electron chi connectivity index (χ4n) is 1.72. The molecule has 0 fully saturated rings. The predicted octanol–water partition coefficient (Wildman–Crippen LogP) is 2.58. The summed E-state index contributed by atoms with van der Waals surface area (Å²) in [5, 5.41) is 3.89. The molecular weight excluding hydrogens is 236 g/mol. The van der Waals surface area contributed by atoms with Gasteiger partial charge in [0.05, 0.1) is 6.54 Å². The van der Waals surface area contributed by atoms with Gasteiger partial charge in [0.1, 0.15) is 0 Å². The summed E-state index contributed by atoms with van der Waals surface area (Å²) in [5.41, 5.74) is 1.15. The Hall–Kier alpha value is -1.43. The number of aromatic amines is 1. The van der Waals surface area contributed by atoms with E-state index in [1.807, 2.05) is 10.8 Å². The first-order valence-electron chi connectivity index (χ1n) is 5.46. The van der Waals surface area contributed by atoms with Crippen LogP contribution in [0, 0.1) is 11.7 Å². The van der Waals surface area contributed by atoms with Crippen LogP contribution in [-0.4, -0.2) is 19.7 Å². The fraction of sp³-hybridized carbons (Fsp3) is 0.545. The van der Waals surface area contributed by atoms with Crippen LogP contribution in [0.5, 0.6) is 0 Å². The van der Waals surface area contributed by atoms with Crippen molar-refractivity contribution in [3.05, 3.63) is 28.4 Å². The molecule has 6 heteroatoms. The summed E-state index contributed by atoms with van der Waals surface area (Å²) in [6, 6.07) is 0. The second kappa shape index (κ2) is 4.10. The second-order valence-corrected chi connectivity index (χ2v) is 5.43. The van der Waals surface area contributed by atoms with Crippen molar-refractivity contribution < 1.29 is 4.52 Å². The van der Waals surface area contributed by atoms with E-state index >= 15 is 0 Å². The Morgan fingerprint density at radius 1 is 1.47 bits per heavy atom. The average Bonchev–Trinajstić information content (AvgIpc) is 2.74. The normalized spacial score (nSPS) is 12.0. The second-order valence-electron chi connectivity index (χ2n) is 5.04. The highest BCUT2D eigenvalue weighted by Crippen LogP contribution is 2.22. The Kier molecular flexibility index (Phi) is 2.91. The van der Waals surface area contributed by atoms with Crippen LogP contribution in [0.3, 0.4) is 0 Å². The van der Waals surface area contributed by atoms with E-state index in [2.05, 4.69) is 35.9 Å². The number of hydrogen-bond donors (Lipinski definition) is 1. The van der Waals surface area contributed by atoms with Gasteiger partial charge in [0.25, 0.3) is 0 Å². The van der Waals surface area contributed by atoms with Crippen molar-refractivity contribution in [2.75, 3.05) is 0 Å². The Labute approximate surface area is 105 Å². The third kappa shape index (κ3) is 2.46. The van der Waals surface area contributed by atoms with Gasteiger partial charge in [0.15, 0.2) is 10.6 Å². The first-order valence-corrected chi connectivity index (χ1v) is 5.86. The summed E-state index contributed by atoms with van der Waals surface area (Å²) >= 11 is 5.27. The maximum atomic E-state index is 5.27.